The molecule has 2 aromatic carbocycles. The van der Waals surface area contributed by atoms with Crippen molar-refractivity contribution in [2.24, 2.45) is 5.14 Å². The van der Waals surface area contributed by atoms with E-state index < -0.39 is 16.1 Å². The highest BCUT2D eigenvalue weighted by Gasteiger charge is 2.12. The molecule has 0 saturated heterocycles. The maximum atomic E-state index is 12.8. The molecule has 23 heavy (non-hydrogen) atoms. The van der Waals surface area contributed by atoms with Gasteiger partial charge in [0, 0.05) is 5.69 Å². The number of amides is 2. The third kappa shape index (κ3) is 4.76. The minimum absolute atomic E-state index is 0.00390. The molecule has 0 unspecified atom stereocenters. The van der Waals surface area contributed by atoms with Crippen LogP contribution in [0.5, 0.6) is 0 Å². The number of hydrogen-bond acceptors (Lipinski definition) is 3. The lowest BCUT2D eigenvalue weighted by molar-refractivity contribution is 0.249. The van der Waals surface area contributed by atoms with E-state index in [1.807, 2.05) is 0 Å². The number of rotatable bonds is 4. The second kappa shape index (κ2) is 6.76. The van der Waals surface area contributed by atoms with E-state index in [9.17, 15) is 17.6 Å². The number of carbonyl (C=O) groups is 1. The Labute approximate surface area is 133 Å². The molecule has 0 heterocycles. The third-order valence-electron chi connectivity index (χ3n) is 3.16. The van der Waals surface area contributed by atoms with Crippen LogP contribution in [0, 0.1) is 5.82 Å². The van der Waals surface area contributed by atoms with Gasteiger partial charge in [0.25, 0.3) is 0 Å². The first-order valence-corrected chi connectivity index (χ1v) is 8.26. The van der Waals surface area contributed by atoms with Crippen molar-refractivity contribution in [3.8, 4) is 0 Å². The molecule has 4 N–H and O–H groups in total. The molecule has 8 heteroatoms. The molecule has 1 atom stereocenters. The highest BCUT2D eigenvalue weighted by molar-refractivity contribution is 7.89. The molecule has 0 saturated carbocycles. The minimum Gasteiger partial charge on any atom is -0.331 e. The van der Waals surface area contributed by atoms with Gasteiger partial charge in [-0.25, -0.2) is 22.7 Å². The number of carbonyl (C=O) groups excluding carboxylic acids is 1. The summed E-state index contributed by atoms with van der Waals surface area (Å²) >= 11 is 0. The zero-order valence-electron chi connectivity index (χ0n) is 12.3. The van der Waals surface area contributed by atoms with Crippen molar-refractivity contribution >= 4 is 21.7 Å². The van der Waals surface area contributed by atoms with E-state index in [1.54, 1.807) is 19.1 Å². The monoisotopic (exact) mass is 337 g/mol. The Morgan fingerprint density at radius 1 is 1.09 bits per heavy atom. The average Bonchev–Trinajstić information content (AvgIpc) is 2.49. The molecule has 0 radical (unpaired) electrons. The van der Waals surface area contributed by atoms with E-state index in [-0.39, 0.29) is 16.8 Å². The van der Waals surface area contributed by atoms with Crippen molar-refractivity contribution in [1.82, 2.24) is 5.32 Å². The molecule has 0 aliphatic carbocycles. The number of hydrogen-bond donors (Lipinski definition) is 3. The van der Waals surface area contributed by atoms with E-state index >= 15 is 0 Å². The molecular formula is C15H16FN3O3S. The van der Waals surface area contributed by atoms with Crippen LogP contribution in [0.4, 0.5) is 14.9 Å². The second-order valence-electron chi connectivity index (χ2n) is 4.94. The maximum absolute atomic E-state index is 12.8. The van der Waals surface area contributed by atoms with Gasteiger partial charge in [-0.1, -0.05) is 12.1 Å². The quantitative estimate of drug-likeness (QED) is 0.798. The number of benzene rings is 2. The largest absolute Gasteiger partial charge is 0.331 e. The molecule has 2 amide bonds. The summed E-state index contributed by atoms with van der Waals surface area (Å²) < 4.78 is 35.2. The van der Waals surface area contributed by atoms with Gasteiger partial charge in [-0.2, -0.15) is 0 Å². The number of primary sulfonamides is 1. The SMILES string of the molecule is C[C@H](NC(=O)Nc1ccc(F)cc1)c1ccc(S(N)(=O)=O)cc1. The summed E-state index contributed by atoms with van der Waals surface area (Å²) in [6.07, 6.45) is 0. The van der Waals surface area contributed by atoms with E-state index in [2.05, 4.69) is 10.6 Å². The molecular weight excluding hydrogens is 321 g/mol. The van der Waals surface area contributed by atoms with Gasteiger partial charge < -0.3 is 10.6 Å². The predicted molar refractivity (Wildman–Crippen MR) is 84.8 cm³/mol. The van der Waals surface area contributed by atoms with Gasteiger partial charge in [0.15, 0.2) is 0 Å². The van der Waals surface area contributed by atoms with Crippen LogP contribution in [0.15, 0.2) is 53.4 Å². The molecule has 0 fully saturated rings. The van der Waals surface area contributed by atoms with Crippen LogP contribution in [0.1, 0.15) is 18.5 Å². The van der Waals surface area contributed by atoms with E-state index in [0.717, 1.165) is 0 Å². The van der Waals surface area contributed by atoms with Crippen molar-refractivity contribution in [3.05, 3.63) is 59.9 Å². The topological polar surface area (TPSA) is 101 Å². The summed E-state index contributed by atoms with van der Waals surface area (Å²) in [4.78, 5) is 11.9. The first-order valence-electron chi connectivity index (χ1n) is 6.71. The van der Waals surface area contributed by atoms with Crippen molar-refractivity contribution in [2.45, 2.75) is 17.9 Å². The fraction of sp³-hybridized carbons (Fsp3) is 0.133. The van der Waals surface area contributed by atoms with E-state index in [4.69, 9.17) is 5.14 Å². The van der Waals surface area contributed by atoms with Crippen LogP contribution in [0.3, 0.4) is 0 Å². The van der Waals surface area contributed by atoms with Crippen LogP contribution in [0.2, 0.25) is 0 Å². The maximum Gasteiger partial charge on any atom is 0.319 e. The molecule has 122 valence electrons. The average molecular weight is 337 g/mol. The predicted octanol–water partition coefficient (Wildman–Crippen LogP) is 2.36. The van der Waals surface area contributed by atoms with Gasteiger partial charge >= 0.3 is 6.03 Å². The molecule has 0 aliphatic heterocycles. The van der Waals surface area contributed by atoms with Crippen molar-refractivity contribution in [2.75, 3.05) is 5.32 Å². The Morgan fingerprint density at radius 3 is 2.17 bits per heavy atom. The lowest BCUT2D eigenvalue weighted by Crippen LogP contribution is -2.31. The first-order chi connectivity index (χ1) is 10.8. The minimum atomic E-state index is -3.74. The summed E-state index contributed by atoms with van der Waals surface area (Å²) in [6.45, 7) is 1.75. The third-order valence-corrected chi connectivity index (χ3v) is 4.09. The number of urea groups is 1. The Balaban J connectivity index is 1.99. The zero-order chi connectivity index (χ0) is 17.0. The molecule has 0 bridgehead atoms. The molecule has 2 rings (SSSR count). The molecule has 0 spiro atoms. The zero-order valence-corrected chi connectivity index (χ0v) is 13.1. The van der Waals surface area contributed by atoms with Gasteiger partial charge in [0.2, 0.25) is 10.0 Å². The summed E-state index contributed by atoms with van der Waals surface area (Å²) in [6, 6.07) is 10.5. The Hall–Kier alpha value is -2.45. The number of halogens is 1. The van der Waals surface area contributed by atoms with Crippen molar-refractivity contribution in [3.63, 3.8) is 0 Å². The Kier molecular flexibility index (Phi) is 4.97. The molecule has 0 aliphatic rings. The van der Waals surface area contributed by atoms with Crippen LogP contribution < -0.4 is 15.8 Å². The van der Waals surface area contributed by atoms with Crippen LogP contribution >= 0.6 is 0 Å². The van der Waals surface area contributed by atoms with Crippen molar-refractivity contribution < 1.29 is 17.6 Å². The lowest BCUT2D eigenvalue weighted by atomic mass is 10.1. The van der Waals surface area contributed by atoms with Crippen molar-refractivity contribution in [1.29, 1.82) is 0 Å². The summed E-state index contributed by atoms with van der Waals surface area (Å²) in [7, 11) is -3.74. The standard InChI is InChI=1S/C15H16FN3O3S/c1-10(11-2-8-14(9-3-11)23(17,21)22)18-15(20)19-13-6-4-12(16)5-7-13/h2-10H,1H3,(H2,17,21,22)(H2,18,19,20)/t10-/m0/s1. The van der Waals surface area contributed by atoms with Gasteiger partial charge in [0.05, 0.1) is 10.9 Å². The van der Waals surface area contributed by atoms with Gasteiger partial charge in [-0.3, -0.25) is 0 Å². The van der Waals surface area contributed by atoms with Gasteiger partial charge in [-0.15, -0.1) is 0 Å². The summed E-state index contributed by atoms with van der Waals surface area (Å²) in [5, 5.41) is 10.3. The Morgan fingerprint density at radius 2 is 1.65 bits per heavy atom. The highest BCUT2D eigenvalue weighted by Crippen LogP contribution is 2.16. The number of nitrogens with two attached hydrogens (primary N) is 1. The number of anilines is 1. The van der Waals surface area contributed by atoms with Gasteiger partial charge in [-0.05, 0) is 48.9 Å². The molecule has 6 nitrogen and oxygen atoms in total. The smallest absolute Gasteiger partial charge is 0.319 e. The van der Waals surface area contributed by atoms with Gasteiger partial charge in [0.1, 0.15) is 5.82 Å². The normalized spacial score (nSPS) is 12.5. The summed E-state index contributed by atoms with van der Waals surface area (Å²) in [5.74, 6) is -0.390. The lowest BCUT2D eigenvalue weighted by Gasteiger charge is -2.15. The fourth-order valence-corrected chi connectivity index (χ4v) is 2.44. The van der Waals surface area contributed by atoms with Crippen LogP contribution in [-0.4, -0.2) is 14.4 Å². The fourth-order valence-electron chi connectivity index (χ4n) is 1.93. The van der Waals surface area contributed by atoms with E-state index in [0.29, 0.717) is 11.3 Å². The van der Waals surface area contributed by atoms with E-state index in [1.165, 1.54) is 36.4 Å². The van der Waals surface area contributed by atoms with Crippen LogP contribution in [-0.2, 0) is 10.0 Å². The number of sulfonamides is 1. The van der Waals surface area contributed by atoms with Crippen LogP contribution in [0.25, 0.3) is 0 Å². The highest BCUT2D eigenvalue weighted by atomic mass is 32.2. The summed E-state index contributed by atoms with van der Waals surface area (Å²) in [5.41, 5.74) is 1.17. The molecule has 2 aromatic rings. The Bertz CT molecular complexity index is 790. The first kappa shape index (κ1) is 16.9. The number of nitrogens with one attached hydrogen (secondary N) is 2. The molecule has 0 aromatic heterocycles. The second-order valence-corrected chi connectivity index (χ2v) is 6.50.